The average molecular weight is 1050 g/mol. The molecule has 6 aliphatic carbocycles. The van der Waals surface area contributed by atoms with E-state index in [9.17, 15) is 0 Å². The minimum Gasteiger partial charge on any atom is -0.455 e. The molecule has 0 amide bonds. The minimum atomic E-state index is -0.647. The summed E-state index contributed by atoms with van der Waals surface area (Å²) in [6.45, 7) is 0. The Kier molecular flexibility index (Phi) is 8.24. The number of benzene rings is 13. The van der Waals surface area contributed by atoms with Crippen molar-refractivity contribution in [2.75, 3.05) is 4.90 Å². The van der Waals surface area contributed by atoms with E-state index in [1.165, 1.54) is 134 Å². The molecule has 382 valence electrons. The first kappa shape index (κ1) is 44.2. The van der Waals surface area contributed by atoms with Crippen LogP contribution >= 0.6 is 0 Å². The van der Waals surface area contributed by atoms with Crippen molar-refractivity contribution in [3.63, 3.8) is 0 Å². The van der Waals surface area contributed by atoms with Crippen molar-refractivity contribution in [1.29, 1.82) is 0 Å². The summed E-state index contributed by atoms with van der Waals surface area (Å²) < 4.78 is 7.01. The summed E-state index contributed by atoms with van der Waals surface area (Å²) in [5, 5.41) is 2.28. The van der Waals surface area contributed by atoms with Crippen LogP contribution in [0.2, 0.25) is 0 Å². The highest BCUT2D eigenvalue weighted by Gasteiger charge is 2.57. The molecule has 0 fully saturated rings. The van der Waals surface area contributed by atoms with Crippen molar-refractivity contribution in [1.82, 2.24) is 0 Å². The quantitative estimate of drug-likeness (QED) is 0.175. The maximum absolute atomic E-state index is 7.01. The zero-order chi connectivity index (χ0) is 53.9. The Morgan fingerprint density at radius 2 is 0.482 bits per heavy atom. The van der Waals surface area contributed by atoms with Gasteiger partial charge in [0.25, 0.3) is 0 Å². The van der Waals surface area contributed by atoms with Gasteiger partial charge >= 0.3 is 0 Å². The first-order chi connectivity index (χ1) is 41.2. The van der Waals surface area contributed by atoms with Gasteiger partial charge in [0.2, 0.25) is 0 Å². The molecule has 0 saturated carbocycles. The molecule has 0 bridgehead atoms. The summed E-state index contributed by atoms with van der Waals surface area (Å²) in [6, 6.07) is 109. The van der Waals surface area contributed by atoms with Gasteiger partial charge in [-0.05, 0) is 136 Å². The van der Waals surface area contributed by atoms with Crippen LogP contribution in [-0.4, -0.2) is 0 Å². The summed E-state index contributed by atoms with van der Waals surface area (Å²) in [4.78, 5) is 2.71. The van der Waals surface area contributed by atoms with Gasteiger partial charge in [-0.3, -0.25) is 0 Å². The van der Waals surface area contributed by atoms with Crippen molar-refractivity contribution < 1.29 is 4.42 Å². The molecule has 6 aliphatic rings. The number of furan rings is 1. The highest BCUT2D eigenvalue weighted by Crippen LogP contribution is 2.70. The molecule has 1 aromatic heterocycles. The zero-order valence-corrected chi connectivity index (χ0v) is 45.0. The fourth-order valence-corrected chi connectivity index (χ4v) is 17.6. The van der Waals surface area contributed by atoms with E-state index < -0.39 is 16.2 Å². The number of fused-ring (bicyclic) bond motifs is 34. The SMILES string of the molecule is c1ccc2c(c1)-c1ccccc1C21c2ccccc2-c2c(N(c3cccc4c3-c3ccccc3C43c4ccccc4-c4ccccc43)c3cccc4c3-c3ccccc3C43c4ccccc4-c4c3ccc3c4oc4ccccc43)cccc21. The lowest BCUT2D eigenvalue weighted by Gasteiger charge is -2.34. The van der Waals surface area contributed by atoms with Crippen LogP contribution in [0.3, 0.4) is 0 Å². The van der Waals surface area contributed by atoms with E-state index in [1.807, 2.05) is 0 Å². The molecule has 0 aliphatic heterocycles. The molecule has 13 aromatic carbocycles. The van der Waals surface area contributed by atoms with Gasteiger partial charge in [-0.1, -0.05) is 261 Å². The monoisotopic (exact) mass is 1050 g/mol. The van der Waals surface area contributed by atoms with Gasteiger partial charge in [-0.2, -0.15) is 0 Å². The second-order valence-corrected chi connectivity index (χ2v) is 23.5. The molecule has 2 nitrogen and oxygen atoms in total. The number of anilines is 3. The molecule has 1 unspecified atom stereocenters. The summed E-state index contributed by atoms with van der Waals surface area (Å²) in [7, 11) is 0. The second-order valence-electron chi connectivity index (χ2n) is 23.5. The van der Waals surface area contributed by atoms with Crippen LogP contribution < -0.4 is 4.90 Å². The van der Waals surface area contributed by atoms with E-state index in [0.29, 0.717) is 0 Å². The maximum Gasteiger partial charge on any atom is 0.143 e. The summed E-state index contributed by atoms with van der Waals surface area (Å²) in [5.41, 5.74) is 34.3. The van der Waals surface area contributed by atoms with E-state index in [0.717, 1.165) is 39.0 Å². The molecular weight excluding hydrogens is 1000 g/mol. The fraction of sp³-hybridized carbons (Fsp3) is 0.0370. The molecule has 1 atom stereocenters. The first-order valence-corrected chi connectivity index (χ1v) is 29.2. The summed E-state index contributed by atoms with van der Waals surface area (Å²) in [6.07, 6.45) is 0. The van der Waals surface area contributed by atoms with E-state index in [1.54, 1.807) is 0 Å². The van der Waals surface area contributed by atoms with Crippen LogP contribution in [0.5, 0.6) is 0 Å². The van der Waals surface area contributed by atoms with Gasteiger partial charge in [-0.25, -0.2) is 0 Å². The standard InChI is InChI=1S/C81H47NO/c1-10-31-58-48(22-1)49-23-2-11-32-59(49)79(58)62-35-14-5-27-54(62)74-66(79)39-19-42-70(74)82(71-43-20-40-67-75(71)55-28-6-15-36-63(55)80(67)60-33-12-3-24-50(60)51-25-4-13-34-61(51)80)72-44-21-41-68-76(72)56-29-7-16-37-64(56)81(68)65-38-17-8-30-57(65)77-69(81)47-46-53-52-26-9-18-45-73(52)83-78(53)77/h1-47H. The van der Waals surface area contributed by atoms with Gasteiger partial charge in [0, 0.05) is 33.0 Å². The largest absolute Gasteiger partial charge is 0.455 e. The normalized spacial score (nSPS) is 16.2. The number of hydrogen-bond donors (Lipinski definition) is 0. The molecule has 1 heterocycles. The Bertz CT molecular complexity index is 4980. The van der Waals surface area contributed by atoms with E-state index in [-0.39, 0.29) is 0 Å². The Labute approximate surface area is 480 Å². The van der Waals surface area contributed by atoms with Crippen LogP contribution in [0.4, 0.5) is 17.1 Å². The fourth-order valence-electron chi connectivity index (χ4n) is 17.6. The van der Waals surface area contributed by atoms with Crippen LogP contribution in [0, 0.1) is 0 Å². The molecule has 0 radical (unpaired) electrons. The first-order valence-electron chi connectivity index (χ1n) is 29.2. The smallest absolute Gasteiger partial charge is 0.143 e. The predicted octanol–water partition coefficient (Wildman–Crippen LogP) is 20.1. The van der Waals surface area contributed by atoms with Crippen molar-refractivity contribution in [2.24, 2.45) is 0 Å². The number of para-hydroxylation sites is 1. The molecule has 20 rings (SSSR count). The highest BCUT2D eigenvalue weighted by molar-refractivity contribution is 6.14. The average Bonchev–Trinajstić information content (AvgIpc) is 1.61. The van der Waals surface area contributed by atoms with Gasteiger partial charge in [-0.15, -0.1) is 0 Å². The van der Waals surface area contributed by atoms with Crippen LogP contribution in [0.25, 0.3) is 88.7 Å². The van der Waals surface area contributed by atoms with Crippen LogP contribution in [0.15, 0.2) is 290 Å². The lowest BCUT2D eigenvalue weighted by Crippen LogP contribution is -2.26. The predicted molar refractivity (Wildman–Crippen MR) is 337 cm³/mol. The second kappa shape index (κ2) is 15.5. The zero-order valence-electron chi connectivity index (χ0n) is 45.0. The third kappa shape index (κ3) is 4.97. The Morgan fingerprint density at radius 3 is 0.867 bits per heavy atom. The topological polar surface area (TPSA) is 16.4 Å². The Morgan fingerprint density at radius 1 is 0.205 bits per heavy atom. The molecule has 2 heteroatoms. The molecular formula is C81H47NO. The summed E-state index contributed by atoms with van der Waals surface area (Å²) >= 11 is 0. The van der Waals surface area contributed by atoms with Gasteiger partial charge in [0.05, 0.1) is 33.3 Å². The van der Waals surface area contributed by atoms with Crippen LogP contribution in [-0.2, 0) is 16.2 Å². The van der Waals surface area contributed by atoms with Gasteiger partial charge in [0.1, 0.15) is 11.2 Å². The molecule has 14 aromatic rings. The lowest BCUT2D eigenvalue weighted by molar-refractivity contribution is 0.669. The minimum absolute atomic E-state index is 0.540. The Hall–Kier alpha value is -10.5. The number of rotatable bonds is 3. The number of nitrogens with zero attached hydrogens (tertiary/aromatic N) is 1. The van der Waals surface area contributed by atoms with E-state index in [2.05, 4.69) is 290 Å². The van der Waals surface area contributed by atoms with Crippen molar-refractivity contribution in [3.8, 4) is 66.8 Å². The van der Waals surface area contributed by atoms with Gasteiger partial charge < -0.3 is 9.32 Å². The molecule has 0 N–H and O–H groups in total. The van der Waals surface area contributed by atoms with Crippen molar-refractivity contribution >= 4 is 39.0 Å². The summed E-state index contributed by atoms with van der Waals surface area (Å²) in [5.74, 6) is 0. The van der Waals surface area contributed by atoms with Crippen LogP contribution in [0.1, 0.15) is 66.8 Å². The lowest BCUT2D eigenvalue weighted by atomic mass is 9.70. The molecule has 3 spiro atoms. The molecule has 83 heavy (non-hydrogen) atoms. The Balaban J connectivity index is 0.934. The number of hydrogen-bond acceptors (Lipinski definition) is 2. The third-order valence-electron chi connectivity index (χ3n) is 20.3. The van der Waals surface area contributed by atoms with Crippen molar-refractivity contribution in [2.45, 2.75) is 16.2 Å². The highest BCUT2D eigenvalue weighted by atomic mass is 16.3. The van der Waals surface area contributed by atoms with Gasteiger partial charge in [0.15, 0.2) is 0 Å². The molecule has 0 saturated heterocycles. The van der Waals surface area contributed by atoms with E-state index >= 15 is 0 Å². The maximum atomic E-state index is 7.01. The third-order valence-corrected chi connectivity index (χ3v) is 20.3. The van der Waals surface area contributed by atoms with E-state index in [4.69, 9.17) is 4.42 Å². The van der Waals surface area contributed by atoms with Crippen molar-refractivity contribution in [3.05, 3.63) is 352 Å².